The average Bonchev–Trinajstić information content (AvgIpc) is 2.55. The number of phenols is 2. The van der Waals surface area contributed by atoms with Gasteiger partial charge in [0.15, 0.2) is 23.0 Å². The Hall–Kier alpha value is -3.22. The highest BCUT2D eigenvalue weighted by Gasteiger charge is 2.20. The fourth-order valence-electron chi connectivity index (χ4n) is 2.15. The molecule has 7 nitrogen and oxygen atoms in total. The fraction of sp³-hybridized carbons (Fsp3) is 0.125. The summed E-state index contributed by atoms with van der Waals surface area (Å²) in [4.78, 5) is 22.2. The van der Waals surface area contributed by atoms with Crippen LogP contribution in [0, 0.1) is 0 Å². The van der Waals surface area contributed by atoms with Crippen molar-refractivity contribution in [2.24, 2.45) is 0 Å². The first kappa shape index (κ1) is 16.2. The van der Waals surface area contributed by atoms with Gasteiger partial charge < -0.3 is 24.8 Å². The van der Waals surface area contributed by atoms with Crippen molar-refractivity contribution < 1.29 is 34.4 Å². The van der Waals surface area contributed by atoms with E-state index in [-0.39, 0.29) is 45.3 Å². The number of hydrogen-bond acceptors (Lipinski definition) is 6. The number of phenolic OH excluding ortho intramolecular Hbond substituents is 2. The summed E-state index contributed by atoms with van der Waals surface area (Å²) in [5, 5.41) is 29.6. The molecule has 2 aromatic carbocycles. The second-order valence-corrected chi connectivity index (χ2v) is 4.62. The van der Waals surface area contributed by atoms with Crippen molar-refractivity contribution in [2.45, 2.75) is 0 Å². The first-order valence-corrected chi connectivity index (χ1v) is 6.43. The van der Waals surface area contributed by atoms with Crippen LogP contribution in [0.3, 0.4) is 0 Å². The van der Waals surface area contributed by atoms with Gasteiger partial charge in [0.05, 0.1) is 19.8 Å². The topological polar surface area (TPSA) is 113 Å². The summed E-state index contributed by atoms with van der Waals surface area (Å²) in [6, 6.07) is 4.95. The molecule has 3 N–H and O–H groups in total. The molecule has 0 spiro atoms. The maximum Gasteiger partial charge on any atom is 0.335 e. The van der Waals surface area contributed by atoms with Crippen LogP contribution in [0.5, 0.6) is 23.0 Å². The molecule has 0 aliphatic heterocycles. The van der Waals surface area contributed by atoms with Gasteiger partial charge in [-0.15, -0.1) is 0 Å². The van der Waals surface area contributed by atoms with E-state index in [2.05, 4.69) is 0 Å². The molecule has 23 heavy (non-hydrogen) atoms. The number of hydrogen-bond donors (Lipinski definition) is 3. The molecule has 0 amide bonds. The van der Waals surface area contributed by atoms with Crippen molar-refractivity contribution in [1.29, 1.82) is 0 Å². The second-order valence-electron chi connectivity index (χ2n) is 4.62. The number of aldehydes is 1. The standard InChI is InChI=1S/C16H14O7/c1-22-12-4-8(7-17)3-10(14(12)18)11-5-9(16(20)21)6-13(23-2)15(11)19/h3-7,18-19H,1-2H3,(H,20,21). The van der Waals surface area contributed by atoms with Gasteiger partial charge >= 0.3 is 5.97 Å². The largest absolute Gasteiger partial charge is 0.504 e. The van der Waals surface area contributed by atoms with Crippen LogP contribution in [0.15, 0.2) is 24.3 Å². The molecular formula is C16H14O7. The first-order valence-electron chi connectivity index (χ1n) is 6.43. The molecule has 0 heterocycles. The van der Waals surface area contributed by atoms with Crippen molar-refractivity contribution in [3.63, 3.8) is 0 Å². The number of aromatic hydroxyl groups is 2. The number of ether oxygens (including phenoxy) is 2. The molecule has 7 heteroatoms. The summed E-state index contributed by atoms with van der Waals surface area (Å²) in [6.07, 6.45) is 0.542. The van der Waals surface area contributed by atoms with Crippen LogP contribution in [-0.4, -0.2) is 41.8 Å². The van der Waals surface area contributed by atoms with Gasteiger partial charge in [-0.25, -0.2) is 4.79 Å². The van der Waals surface area contributed by atoms with Crippen LogP contribution >= 0.6 is 0 Å². The number of rotatable bonds is 5. The molecule has 0 atom stereocenters. The highest BCUT2D eigenvalue weighted by atomic mass is 16.5. The zero-order valence-electron chi connectivity index (χ0n) is 12.4. The molecule has 0 fully saturated rings. The Bertz CT molecular complexity index is 780. The minimum atomic E-state index is -1.23. The second kappa shape index (κ2) is 6.27. The zero-order chi connectivity index (χ0) is 17.1. The molecule has 0 bridgehead atoms. The molecule has 2 aromatic rings. The Morgan fingerprint density at radius 1 is 0.957 bits per heavy atom. The minimum absolute atomic E-state index is 0.00116. The zero-order valence-corrected chi connectivity index (χ0v) is 12.4. The summed E-state index contributed by atoms with van der Waals surface area (Å²) in [5.74, 6) is -1.99. The van der Waals surface area contributed by atoms with Crippen molar-refractivity contribution in [1.82, 2.24) is 0 Å². The van der Waals surface area contributed by atoms with Crippen LogP contribution in [0.2, 0.25) is 0 Å². The van der Waals surface area contributed by atoms with E-state index >= 15 is 0 Å². The van der Waals surface area contributed by atoms with Gasteiger partial charge in [0.1, 0.15) is 6.29 Å². The van der Waals surface area contributed by atoms with Gasteiger partial charge in [-0.1, -0.05) is 0 Å². The number of carboxylic acids is 1. The van der Waals surface area contributed by atoms with Gasteiger partial charge in [-0.3, -0.25) is 4.79 Å². The Labute approximate surface area is 131 Å². The third kappa shape index (κ3) is 2.89. The van der Waals surface area contributed by atoms with Gasteiger partial charge in [-0.05, 0) is 24.3 Å². The van der Waals surface area contributed by atoms with Crippen molar-refractivity contribution >= 4 is 12.3 Å². The van der Waals surface area contributed by atoms with Crippen LogP contribution in [0.4, 0.5) is 0 Å². The average molecular weight is 318 g/mol. The van der Waals surface area contributed by atoms with E-state index in [0.29, 0.717) is 6.29 Å². The van der Waals surface area contributed by atoms with Crippen LogP contribution in [0.25, 0.3) is 11.1 Å². The molecule has 2 rings (SSSR count). The molecule has 120 valence electrons. The molecule has 0 radical (unpaired) electrons. The van der Waals surface area contributed by atoms with Gasteiger partial charge in [-0.2, -0.15) is 0 Å². The highest BCUT2D eigenvalue weighted by Crippen LogP contribution is 2.45. The summed E-state index contributed by atoms with van der Waals surface area (Å²) in [6.45, 7) is 0. The molecule has 0 aromatic heterocycles. The number of carboxylic acid groups (broad SMARTS) is 1. The maximum atomic E-state index is 11.2. The van der Waals surface area contributed by atoms with Crippen LogP contribution < -0.4 is 9.47 Å². The van der Waals surface area contributed by atoms with Gasteiger partial charge in [0.25, 0.3) is 0 Å². The Balaban J connectivity index is 2.82. The van der Waals surface area contributed by atoms with Gasteiger partial charge in [0, 0.05) is 16.7 Å². The number of methoxy groups -OCH3 is 2. The molecule has 0 unspecified atom stereocenters. The summed E-state index contributed by atoms with van der Waals surface area (Å²) >= 11 is 0. The van der Waals surface area contributed by atoms with E-state index in [1.165, 1.54) is 32.4 Å². The van der Waals surface area contributed by atoms with Gasteiger partial charge in [0.2, 0.25) is 0 Å². The summed E-state index contributed by atoms with van der Waals surface area (Å²) in [7, 11) is 2.58. The Morgan fingerprint density at radius 3 is 1.96 bits per heavy atom. The predicted molar refractivity (Wildman–Crippen MR) is 80.7 cm³/mol. The van der Waals surface area contributed by atoms with Crippen LogP contribution in [0.1, 0.15) is 20.7 Å². The third-order valence-electron chi connectivity index (χ3n) is 3.29. The monoisotopic (exact) mass is 318 g/mol. The number of benzene rings is 2. The summed E-state index contributed by atoms with van der Waals surface area (Å²) < 4.78 is 9.94. The molecule has 0 saturated carbocycles. The maximum absolute atomic E-state index is 11.2. The quantitative estimate of drug-likeness (QED) is 0.725. The molecule has 0 aliphatic carbocycles. The lowest BCUT2D eigenvalue weighted by atomic mass is 9.98. The number of aromatic carboxylic acids is 1. The molecule has 0 saturated heterocycles. The number of carbonyl (C=O) groups excluding carboxylic acids is 1. The Morgan fingerprint density at radius 2 is 1.48 bits per heavy atom. The lowest BCUT2D eigenvalue weighted by Crippen LogP contribution is -1.99. The van der Waals surface area contributed by atoms with Crippen molar-refractivity contribution in [3.8, 4) is 34.1 Å². The molecular weight excluding hydrogens is 304 g/mol. The first-order chi connectivity index (χ1) is 10.9. The smallest absolute Gasteiger partial charge is 0.335 e. The van der Waals surface area contributed by atoms with Crippen molar-refractivity contribution in [3.05, 3.63) is 35.4 Å². The molecule has 0 aliphatic rings. The lowest BCUT2D eigenvalue weighted by Gasteiger charge is -2.14. The highest BCUT2D eigenvalue weighted by molar-refractivity contribution is 5.93. The van der Waals surface area contributed by atoms with Crippen molar-refractivity contribution in [2.75, 3.05) is 14.2 Å². The van der Waals surface area contributed by atoms with E-state index in [4.69, 9.17) is 14.6 Å². The van der Waals surface area contributed by atoms with E-state index in [1.807, 2.05) is 0 Å². The third-order valence-corrected chi connectivity index (χ3v) is 3.29. The van der Waals surface area contributed by atoms with E-state index in [1.54, 1.807) is 0 Å². The minimum Gasteiger partial charge on any atom is -0.504 e. The van der Waals surface area contributed by atoms with E-state index < -0.39 is 5.97 Å². The normalized spacial score (nSPS) is 10.2. The lowest BCUT2D eigenvalue weighted by molar-refractivity contribution is 0.0696. The fourth-order valence-corrected chi connectivity index (χ4v) is 2.15. The van der Waals surface area contributed by atoms with E-state index in [0.717, 1.165) is 6.07 Å². The van der Waals surface area contributed by atoms with Crippen LogP contribution in [-0.2, 0) is 0 Å². The summed E-state index contributed by atoms with van der Waals surface area (Å²) in [5.41, 5.74) is 0.0878. The van der Waals surface area contributed by atoms with E-state index in [9.17, 15) is 19.8 Å². The number of carbonyl (C=O) groups is 2. The Kier molecular flexibility index (Phi) is 4.40. The predicted octanol–water partition coefficient (Wildman–Crippen LogP) is 2.29. The SMILES string of the molecule is COc1cc(C=O)cc(-c2cc(C(=O)O)cc(OC)c2O)c1O.